The van der Waals surface area contributed by atoms with Crippen LogP contribution >= 0.6 is 0 Å². The molecular formula is C15H10O5. The van der Waals surface area contributed by atoms with Gasteiger partial charge in [-0.15, -0.1) is 0 Å². The molecule has 3 rings (SSSR count). The second-order valence-corrected chi connectivity index (χ2v) is 4.28. The summed E-state index contributed by atoms with van der Waals surface area (Å²) in [5.74, 6) is -1.56. The summed E-state index contributed by atoms with van der Waals surface area (Å²) in [4.78, 5) is 36.5. The molecule has 5 heteroatoms. The molecule has 1 aromatic carbocycles. The van der Waals surface area contributed by atoms with E-state index >= 15 is 0 Å². The molecule has 0 bridgehead atoms. The minimum Gasteiger partial charge on any atom is -0.462 e. The number of carbonyl (C=O) groups is 3. The molecule has 0 amide bonds. The van der Waals surface area contributed by atoms with E-state index in [9.17, 15) is 14.4 Å². The maximum absolute atomic E-state index is 12.4. The first-order chi connectivity index (χ1) is 9.65. The van der Waals surface area contributed by atoms with Crippen molar-refractivity contribution in [1.29, 1.82) is 0 Å². The van der Waals surface area contributed by atoms with Gasteiger partial charge in [0.05, 0.1) is 12.2 Å². The van der Waals surface area contributed by atoms with Crippen molar-refractivity contribution >= 4 is 17.5 Å². The van der Waals surface area contributed by atoms with Gasteiger partial charge in [0, 0.05) is 11.1 Å². The van der Waals surface area contributed by atoms with E-state index in [2.05, 4.69) is 0 Å². The van der Waals surface area contributed by atoms with Crippen LogP contribution in [0.1, 0.15) is 49.3 Å². The third-order valence-corrected chi connectivity index (χ3v) is 3.14. The standard InChI is InChI=1S/C15H10O5/c1-2-19-15(18)10-7-20-14-11(10)12(16)8-5-3-4-6-9(8)13(14)17/h3-7H,2H2,1H3. The Bertz CT molecular complexity index is 738. The predicted octanol–water partition coefficient (Wildman–Crippen LogP) is 2.23. The number of benzene rings is 1. The van der Waals surface area contributed by atoms with E-state index in [1.165, 1.54) is 0 Å². The zero-order valence-corrected chi connectivity index (χ0v) is 10.6. The number of esters is 1. The van der Waals surface area contributed by atoms with Crippen molar-refractivity contribution in [2.75, 3.05) is 6.61 Å². The summed E-state index contributed by atoms with van der Waals surface area (Å²) in [6.07, 6.45) is 1.10. The average Bonchev–Trinajstić information content (AvgIpc) is 2.90. The number of carbonyl (C=O) groups excluding carboxylic acids is 3. The SMILES string of the molecule is CCOC(=O)c1coc2c1C(=O)c1ccccc1C2=O. The molecule has 0 saturated heterocycles. The van der Waals surface area contributed by atoms with E-state index in [1.807, 2.05) is 0 Å². The third-order valence-electron chi connectivity index (χ3n) is 3.14. The van der Waals surface area contributed by atoms with Crippen LogP contribution < -0.4 is 0 Å². The van der Waals surface area contributed by atoms with Crippen molar-refractivity contribution in [2.24, 2.45) is 0 Å². The van der Waals surface area contributed by atoms with Crippen LogP contribution in [0.5, 0.6) is 0 Å². The molecule has 1 heterocycles. The fourth-order valence-corrected chi connectivity index (χ4v) is 2.25. The van der Waals surface area contributed by atoms with Gasteiger partial charge in [0.2, 0.25) is 5.78 Å². The maximum atomic E-state index is 12.4. The van der Waals surface area contributed by atoms with Crippen LogP contribution in [0.4, 0.5) is 0 Å². The molecule has 0 unspecified atom stereocenters. The van der Waals surface area contributed by atoms with Gasteiger partial charge in [-0.3, -0.25) is 9.59 Å². The molecule has 0 N–H and O–H groups in total. The van der Waals surface area contributed by atoms with Crippen molar-refractivity contribution < 1.29 is 23.5 Å². The van der Waals surface area contributed by atoms with Gasteiger partial charge in [-0.1, -0.05) is 24.3 Å². The number of rotatable bonds is 2. The lowest BCUT2D eigenvalue weighted by atomic mass is 9.87. The molecule has 1 aromatic heterocycles. The number of ether oxygens (including phenoxy) is 1. The summed E-state index contributed by atoms with van der Waals surface area (Å²) in [7, 11) is 0. The first-order valence-electron chi connectivity index (χ1n) is 6.12. The Hall–Kier alpha value is -2.69. The highest BCUT2D eigenvalue weighted by Gasteiger charge is 2.36. The lowest BCUT2D eigenvalue weighted by molar-refractivity contribution is 0.0523. The highest BCUT2D eigenvalue weighted by molar-refractivity contribution is 6.29. The first-order valence-corrected chi connectivity index (χ1v) is 6.12. The molecule has 0 radical (unpaired) electrons. The largest absolute Gasteiger partial charge is 0.462 e. The summed E-state index contributed by atoms with van der Waals surface area (Å²) in [5.41, 5.74) is 0.550. The van der Waals surface area contributed by atoms with Crippen molar-refractivity contribution in [3.8, 4) is 0 Å². The van der Waals surface area contributed by atoms with E-state index in [-0.39, 0.29) is 34.6 Å². The van der Waals surface area contributed by atoms with Crippen LogP contribution in [-0.4, -0.2) is 24.1 Å². The molecule has 0 saturated carbocycles. The molecule has 0 aliphatic heterocycles. The summed E-state index contributed by atoms with van der Waals surface area (Å²) in [5, 5.41) is 0. The van der Waals surface area contributed by atoms with E-state index < -0.39 is 17.5 Å². The van der Waals surface area contributed by atoms with Crippen LogP contribution in [0.15, 0.2) is 34.9 Å². The maximum Gasteiger partial charge on any atom is 0.342 e. The van der Waals surface area contributed by atoms with Crippen molar-refractivity contribution in [3.05, 3.63) is 58.5 Å². The van der Waals surface area contributed by atoms with E-state index in [4.69, 9.17) is 9.15 Å². The van der Waals surface area contributed by atoms with Gasteiger partial charge >= 0.3 is 5.97 Å². The summed E-state index contributed by atoms with van der Waals surface area (Å²) < 4.78 is 9.98. The van der Waals surface area contributed by atoms with Gasteiger partial charge in [-0.2, -0.15) is 0 Å². The van der Waals surface area contributed by atoms with Gasteiger partial charge in [-0.05, 0) is 6.92 Å². The molecular weight excluding hydrogens is 260 g/mol. The number of hydrogen-bond donors (Lipinski definition) is 0. The Kier molecular flexibility index (Phi) is 2.75. The van der Waals surface area contributed by atoms with Gasteiger partial charge in [0.1, 0.15) is 11.8 Å². The number of ketones is 2. The van der Waals surface area contributed by atoms with Gasteiger partial charge in [-0.25, -0.2) is 4.79 Å². The second-order valence-electron chi connectivity index (χ2n) is 4.28. The Morgan fingerprint density at radius 3 is 2.45 bits per heavy atom. The normalized spacial score (nSPS) is 12.8. The Morgan fingerprint density at radius 1 is 1.15 bits per heavy atom. The van der Waals surface area contributed by atoms with Gasteiger partial charge in [0.15, 0.2) is 11.5 Å². The molecule has 20 heavy (non-hydrogen) atoms. The van der Waals surface area contributed by atoms with Crippen molar-refractivity contribution in [1.82, 2.24) is 0 Å². The van der Waals surface area contributed by atoms with Gasteiger partial charge < -0.3 is 9.15 Å². The van der Waals surface area contributed by atoms with Gasteiger partial charge in [0.25, 0.3) is 0 Å². The fourth-order valence-electron chi connectivity index (χ4n) is 2.25. The minimum atomic E-state index is -0.668. The molecule has 0 fully saturated rings. The molecule has 5 nitrogen and oxygen atoms in total. The predicted molar refractivity (Wildman–Crippen MR) is 68.0 cm³/mol. The van der Waals surface area contributed by atoms with E-state index in [0.29, 0.717) is 0 Å². The smallest absolute Gasteiger partial charge is 0.342 e. The fraction of sp³-hybridized carbons (Fsp3) is 0.133. The molecule has 100 valence electrons. The van der Waals surface area contributed by atoms with Crippen LogP contribution in [0.2, 0.25) is 0 Å². The quantitative estimate of drug-likeness (QED) is 0.667. The zero-order valence-electron chi connectivity index (χ0n) is 10.6. The van der Waals surface area contributed by atoms with Crippen LogP contribution in [-0.2, 0) is 4.74 Å². The first kappa shape index (κ1) is 12.3. The molecule has 0 atom stereocenters. The van der Waals surface area contributed by atoms with Crippen molar-refractivity contribution in [3.63, 3.8) is 0 Å². The lowest BCUT2D eigenvalue weighted by Crippen LogP contribution is -2.21. The van der Waals surface area contributed by atoms with Crippen LogP contribution in [0.25, 0.3) is 0 Å². The summed E-state index contributed by atoms with van der Waals surface area (Å²) in [6.45, 7) is 1.84. The third kappa shape index (κ3) is 1.60. The molecule has 1 aliphatic rings. The molecule has 1 aliphatic carbocycles. The second kappa shape index (κ2) is 4.45. The van der Waals surface area contributed by atoms with Crippen molar-refractivity contribution in [2.45, 2.75) is 6.92 Å². The Balaban J connectivity index is 2.18. The lowest BCUT2D eigenvalue weighted by Gasteiger charge is -2.13. The average molecular weight is 270 g/mol. The Labute approximate surface area is 114 Å². The van der Waals surface area contributed by atoms with E-state index in [0.717, 1.165) is 6.26 Å². The summed E-state index contributed by atoms with van der Waals surface area (Å²) in [6, 6.07) is 6.45. The highest BCUT2D eigenvalue weighted by Crippen LogP contribution is 2.31. The highest BCUT2D eigenvalue weighted by atomic mass is 16.5. The monoisotopic (exact) mass is 270 g/mol. The van der Waals surface area contributed by atoms with E-state index in [1.54, 1.807) is 31.2 Å². The number of hydrogen-bond acceptors (Lipinski definition) is 5. The topological polar surface area (TPSA) is 73.6 Å². The van der Waals surface area contributed by atoms with Crippen LogP contribution in [0.3, 0.4) is 0 Å². The summed E-state index contributed by atoms with van der Waals surface area (Å²) >= 11 is 0. The molecule has 0 spiro atoms. The number of furan rings is 1. The minimum absolute atomic E-state index is 0.00490. The van der Waals surface area contributed by atoms with Crippen LogP contribution in [0, 0.1) is 0 Å². The zero-order chi connectivity index (χ0) is 14.3. The molecule has 2 aromatic rings. The number of fused-ring (bicyclic) bond motifs is 2. The Morgan fingerprint density at radius 2 is 1.80 bits per heavy atom.